The fourth-order valence-corrected chi connectivity index (χ4v) is 3.45. The summed E-state index contributed by atoms with van der Waals surface area (Å²) in [5.41, 5.74) is 1.42. The number of nitrogens with one attached hydrogen (secondary N) is 1. The van der Waals surface area contributed by atoms with Crippen molar-refractivity contribution in [3.63, 3.8) is 0 Å². The molecule has 2 aromatic rings. The van der Waals surface area contributed by atoms with Crippen molar-refractivity contribution in [3.05, 3.63) is 34.3 Å². The monoisotopic (exact) mass is 345 g/mol. The number of carbonyl (C=O) groups is 1. The summed E-state index contributed by atoms with van der Waals surface area (Å²) in [7, 11) is 1.64. The van der Waals surface area contributed by atoms with Crippen molar-refractivity contribution in [2.45, 2.75) is 38.5 Å². The normalized spacial score (nSPS) is 15.6. The predicted molar refractivity (Wildman–Crippen MR) is 97.9 cm³/mol. The van der Waals surface area contributed by atoms with Crippen molar-refractivity contribution in [2.75, 3.05) is 26.2 Å². The van der Waals surface area contributed by atoms with Gasteiger partial charge in [-0.25, -0.2) is 4.79 Å². The average molecular weight is 345 g/mol. The van der Waals surface area contributed by atoms with Crippen LogP contribution in [0.3, 0.4) is 0 Å². The van der Waals surface area contributed by atoms with Crippen LogP contribution in [0.2, 0.25) is 0 Å². The van der Waals surface area contributed by atoms with E-state index < -0.39 is 5.76 Å². The lowest BCUT2D eigenvalue weighted by Gasteiger charge is -2.26. The first-order valence-electron chi connectivity index (χ1n) is 9.26. The highest BCUT2D eigenvalue weighted by atomic mass is 16.4. The lowest BCUT2D eigenvalue weighted by atomic mass is 10.1. The Labute approximate surface area is 147 Å². The maximum absolute atomic E-state index is 12.4. The second-order valence-corrected chi connectivity index (χ2v) is 6.80. The number of fused-ring (bicyclic) bond motifs is 1. The standard InChI is InChI=1S/C19H27N3O3/c1-21-16-10-8-9-15(17(16)25-19(21)24)18(23)20-11-4-2-5-12-22-13-6-3-7-14-22/h8-10H,2-7,11-14H2,1H3,(H,20,23). The van der Waals surface area contributed by atoms with Gasteiger partial charge < -0.3 is 14.6 Å². The topological polar surface area (TPSA) is 67.5 Å². The molecule has 6 heteroatoms. The molecule has 0 aliphatic carbocycles. The highest BCUT2D eigenvalue weighted by molar-refractivity contribution is 6.04. The van der Waals surface area contributed by atoms with Gasteiger partial charge in [0.25, 0.3) is 5.91 Å². The van der Waals surface area contributed by atoms with Gasteiger partial charge in [0, 0.05) is 13.6 Å². The Morgan fingerprint density at radius 3 is 2.76 bits per heavy atom. The van der Waals surface area contributed by atoms with Gasteiger partial charge in [0.2, 0.25) is 0 Å². The van der Waals surface area contributed by atoms with Crippen LogP contribution in [-0.4, -0.2) is 41.6 Å². The fraction of sp³-hybridized carbons (Fsp3) is 0.579. The third-order valence-electron chi connectivity index (χ3n) is 4.95. The van der Waals surface area contributed by atoms with Gasteiger partial charge in [-0.2, -0.15) is 0 Å². The van der Waals surface area contributed by atoms with Crippen LogP contribution < -0.4 is 11.1 Å². The zero-order valence-corrected chi connectivity index (χ0v) is 14.9. The highest BCUT2D eigenvalue weighted by Gasteiger charge is 2.15. The maximum atomic E-state index is 12.4. The number of oxazole rings is 1. The molecule has 3 rings (SSSR count). The number of hydrogen-bond donors (Lipinski definition) is 1. The van der Waals surface area contributed by atoms with E-state index in [0.717, 1.165) is 12.8 Å². The van der Waals surface area contributed by atoms with E-state index in [1.807, 2.05) is 0 Å². The number of carbonyl (C=O) groups excluding carboxylic acids is 1. The number of benzene rings is 1. The molecule has 1 aliphatic rings. The minimum Gasteiger partial charge on any atom is -0.407 e. The van der Waals surface area contributed by atoms with Crippen LogP contribution in [0.1, 0.15) is 48.9 Å². The molecule has 136 valence electrons. The molecule has 0 spiro atoms. The summed E-state index contributed by atoms with van der Waals surface area (Å²) < 4.78 is 6.61. The van der Waals surface area contributed by atoms with E-state index in [9.17, 15) is 9.59 Å². The molecule has 0 unspecified atom stereocenters. The number of rotatable bonds is 7. The molecule has 2 heterocycles. The van der Waals surface area contributed by atoms with Gasteiger partial charge in [-0.3, -0.25) is 9.36 Å². The molecule has 0 bridgehead atoms. The number of hydrogen-bond acceptors (Lipinski definition) is 4. The number of aryl methyl sites for hydroxylation is 1. The van der Waals surface area contributed by atoms with Crippen molar-refractivity contribution >= 4 is 17.0 Å². The van der Waals surface area contributed by atoms with Gasteiger partial charge in [-0.15, -0.1) is 0 Å². The van der Waals surface area contributed by atoms with Crippen LogP contribution in [0.4, 0.5) is 0 Å². The van der Waals surface area contributed by atoms with Crippen LogP contribution >= 0.6 is 0 Å². The van der Waals surface area contributed by atoms with Gasteiger partial charge >= 0.3 is 5.76 Å². The largest absolute Gasteiger partial charge is 0.419 e. The van der Waals surface area contributed by atoms with Crippen molar-refractivity contribution in [2.24, 2.45) is 7.05 Å². The predicted octanol–water partition coefficient (Wildman–Crippen LogP) is 2.52. The van der Waals surface area contributed by atoms with Crippen molar-refractivity contribution in [1.29, 1.82) is 0 Å². The molecule has 1 amide bonds. The Balaban J connectivity index is 1.44. The lowest BCUT2D eigenvalue weighted by Crippen LogP contribution is -2.30. The first-order valence-corrected chi connectivity index (χ1v) is 9.26. The van der Waals surface area contributed by atoms with Crippen molar-refractivity contribution in [3.8, 4) is 0 Å². The third kappa shape index (κ3) is 4.31. The molecule has 6 nitrogen and oxygen atoms in total. The summed E-state index contributed by atoms with van der Waals surface area (Å²) in [4.78, 5) is 26.5. The Morgan fingerprint density at radius 2 is 1.96 bits per heavy atom. The summed E-state index contributed by atoms with van der Waals surface area (Å²) in [5.74, 6) is -0.635. The molecule has 1 N–H and O–H groups in total. The van der Waals surface area contributed by atoms with E-state index in [1.54, 1.807) is 25.2 Å². The number of nitrogens with zero attached hydrogens (tertiary/aromatic N) is 2. The second kappa shape index (κ2) is 8.34. The molecule has 1 aromatic heterocycles. The van der Waals surface area contributed by atoms with Crippen LogP contribution in [0.15, 0.2) is 27.4 Å². The number of piperidine rings is 1. The number of amides is 1. The molecule has 1 aromatic carbocycles. The van der Waals surface area contributed by atoms with Gasteiger partial charge in [0.15, 0.2) is 5.58 Å². The molecule has 0 radical (unpaired) electrons. The van der Waals surface area contributed by atoms with Crippen LogP contribution in [0.5, 0.6) is 0 Å². The van der Waals surface area contributed by atoms with Gasteiger partial charge in [-0.1, -0.05) is 18.9 Å². The average Bonchev–Trinajstić information content (AvgIpc) is 2.93. The van der Waals surface area contributed by atoms with E-state index in [2.05, 4.69) is 10.2 Å². The minimum absolute atomic E-state index is 0.184. The molecule has 25 heavy (non-hydrogen) atoms. The van der Waals surface area contributed by atoms with Crippen LogP contribution in [0, 0.1) is 0 Å². The number of para-hydroxylation sites is 1. The number of aromatic nitrogens is 1. The Hall–Kier alpha value is -2.08. The van der Waals surface area contributed by atoms with Gasteiger partial charge in [0.1, 0.15) is 0 Å². The molecular weight excluding hydrogens is 318 g/mol. The van der Waals surface area contributed by atoms with E-state index in [0.29, 0.717) is 23.2 Å². The second-order valence-electron chi connectivity index (χ2n) is 6.80. The van der Waals surface area contributed by atoms with Gasteiger partial charge in [-0.05, 0) is 57.5 Å². The lowest BCUT2D eigenvalue weighted by molar-refractivity contribution is 0.0953. The summed E-state index contributed by atoms with van der Waals surface area (Å²) in [5, 5.41) is 2.93. The molecule has 1 saturated heterocycles. The first kappa shape index (κ1) is 17.7. The molecule has 1 aliphatic heterocycles. The fourth-order valence-electron chi connectivity index (χ4n) is 3.45. The molecule has 1 fully saturated rings. The van der Waals surface area contributed by atoms with Crippen LogP contribution in [0.25, 0.3) is 11.1 Å². The quantitative estimate of drug-likeness (QED) is 0.783. The van der Waals surface area contributed by atoms with E-state index >= 15 is 0 Å². The highest BCUT2D eigenvalue weighted by Crippen LogP contribution is 2.17. The maximum Gasteiger partial charge on any atom is 0.419 e. The first-order chi connectivity index (χ1) is 12.2. The van der Waals surface area contributed by atoms with Gasteiger partial charge in [0.05, 0.1) is 11.1 Å². The minimum atomic E-state index is -0.451. The molecule has 0 saturated carbocycles. The van der Waals surface area contributed by atoms with Crippen LogP contribution in [-0.2, 0) is 7.05 Å². The molecular formula is C19H27N3O3. The summed E-state index contributed by atoms with van der Waals surface area (Å²) in [6.07, 6.45) is 7.29. The molecule has 0 atom stereocenters. The smallest absolute Gasteiger partial charge is 0.407 e. The Morgan fingerprint density at radius 1 is 1.16 bits per heavy atom. The summed E-state index contributed by atoms with van der Waals surface area (Å²) in [6, 6.07) is 5.24. The summed E-state index contributed by atoms with van der Waals surface area (Å²) >= 11 is 0. The number of unbranched alkanes of at least 4 members (excludes halogenated alkanes) is 2. The number of likely N-dealkylation sites (tertiary alicyclic amines) is 1. The van der Waals surface area contributed by atoms with Crippen molar-refractivity contribution in [1.82, 2.24) is 14.8 Å². The zero-order chi connectivity index (χ0) is 17.6. The van der Waals surface area contributed by atoms with E-state index in [-0.39, 0.29) is 5.91 Å². The zero-order valence-electron chi connectivity index (χ0n) is 14.9. The van der Waals surface area contributed by atoms with Crippen molar-refractivity contribution < 1.29 is 9.21 Å². The van der Waals surface area contributed by atoms with E-state index in [1.165, 1.54) is 49.9 Å². The Bertz CT molecular complexity index is 772. The van der Waals surface area contributed by atoms with E-state index in [4.69, 9.17) is 4.42 Å². The Kier molecular flexibility index (Phi) is 5.91. The summed E-state index contributed by atoms with van der Waals surface area (Å²) in [6.45, 7) is 4.29. The third-order valence-corrected chi connectivity index (χ3v) is 4.95. The SMILES string of the molecule is Cn1c(=O)oc2c(C(=O)NCCCCCN3CCCCC3)cccc21.